The molecule has 0 spiro atoms. The van der Waals surface area contributed by atoms with Gasteiger partial charge in [0.15, 0.2) is 0 Å². The van der Waals surface area contributed by atoms with E-state index in [1.807, 2.05) is 0 Å². The van der Waals surface area contributed by atoms with E-state index in [0.29, 0.717) is 0 Å². The summed E-state index contributed by atoms with van der Waals surface area (Å²) in [5.74, 6) is 0. The van der Waals surface area contributed by atoms with E-state index in [4.69, 9.17) is 0 Å². The molecule has 0 aromatic heterocycles. The molecular weight excluding hydrogens is 787 g/mol. The van der Waals surface area contributed by atoms with Crippen LogP contribution in [-0.4, -0.2) is 63.2 Å². The van der Waals surface area contributed by atoms with Crippen molar-refractivity contribution in [1.82, 2.24) is 0 Å². The number of hydrogen-bond acceptors (Lipinski definition) is 0. The molecule has 0 fully saturated rings. The number of hydrogen-bond donors (Lipinski definition) is 0. The Labute approximate surface area is 213 Å². The predicted molar refractivity (Wildman–Crippen MR) is 149 cm³/mol. The summed E-state index contributed by atoms with van der Waals surface area (Å²) in [7, 11) is 0. The summed E-state index contributed by atoms with van der Waals surface area (Å²) >= 11 is -4.46. The third kappa shape index (κ3) is 15.6. The molecule has 0 aromatic rings. The quantitative estimate of drug-likeness (QED) is 0.0849. The van der Waals surface area contributed by atoms with Crippen molar-refractivity contribution in [1.29, 1.82) is 0 Å². The minimum absolute atomic E-state index is 0.376. The van der Waals surface area contributed by atoms with Gasteiger partial charge in [0.25, 0.3) is 0 Å². The van der Waals surface area contributed by atoms with Gasteiger partial charge in [-0.25, -0.2) is 0 Å². The van der Waals surface area contributed by atoms with Crippen molar-refractivity contribution in [2.24, 2.45) is 0 Å². The van der Waals surface area contributed by atoms with E-state index in [-0.39, 0.29) is 34.4 Å². The number of rotatable bonds is 20. The second-order valence-corrected chi connectivity index (χ2v) is 85.9. The molecule has 0 saturated carbocycles. The third-order valence-corrected chi connectivity index (χ3v) is 89.5. The van der Waals surface area contributed by atoms with Gasteiger partial charge in [-0.3, -0.25) is 0 Å². The Morgan fingerprint density at radius 3 is 0.767 bits per heavy atom. The first-order valence-electron chi connectivity index (χ1n) is 13.6. The van der Waals surface area contributed by atoms with Crippen LogP contribution in [0.4, 0.5) is 0 Å². The topological polar surface area (TPSA) is 0 Å². The molecule has 0 bridgehead atoms. The fraction of sp³-hybridized carbons (Fsp3) is 0.923. The first-order chi connectivity index (χ1) is 14.6. The molecule has 0 unspecified atom stereocenters. The summed E-state index contributed by atoms with van der Waals surface area (Å²) in [6, 6.07) is 0. The molecule has 0 aliphatic carbocycles. The van der Waals surface area contributed by atoms with Crippen LogP contribution >= 0.6 is 0 Å². The van der Waals surface area contributed by atoms with Crippen LogP contribution in [0.2, 0.25) is 26.6 Å². The van der Waals surface area contributed by atoms with E-state index in [9.17, 15) is 0 Å². The average Bonchev–Trinajstić information content (AvgIpc) is 2.77. The molecule has 0 rings (SSSR count). The van der Waals surface area contributed by atoms with E-state index in [0.717, 1.165) is 0 Å². The zero-order valence-electron chi connectivity index (χ0n) is 21.7. The minimum atomic E-state index is -1.85. The maximum absolute atomic E-state index is 4.18. The molecule has 0 aliphatic heterocycles. The summed E-state index contributed by atoms with van der Waals surface area (Å²) < 4.78 is 18.6. The van der Waals surface area contributed by atoms with Gasteiger partial charge in [-0.1, -0.05) is 0 Å². The van der Waals surface area contributed by atoms with Crippen LogP contribution in [0.1, 0.15) is 119 Å². The van der Waals surface area contributed by atoms with Crippen molar-refractivity contribution < 1.29 is 0 Å². The maximum atomic E-state index is 4.18. The molecule has 0 saturated heterocycles. The van der Waals surface area contributed by atoms with Crippen molar-refractivity contribution in [3.8, 4) is 7.87 Å². The SMILES string of the molecule is CCC[CH2][Sn]([CH2]CCC)([CH2]CCC)[Sn][C]#[C][Sn][Sn]([CH2]CCC)([CH2]CCC)[CH2]CCC. The van der Waals surface area contributed by atoms with E-state index >= 15 is 0 Å². The van der Waals surface area contributed by atoms with E-state index in [2.05, 4.69) is 49.4 Å². The van der Waals surface area contributed by atoms with Gasteiger partial charge in [0.2, 0.25) is 0 Å². The second kappa shape index (κ2) is 22.2. The Balaban J connectivity index is 5.35. The molecule has 4 heteroatoms. The van der Waals surface area contributed by atoms with Gasteiger partial charge in [0, 0.05) is 0 Å². The van der Waals surface area contributed by atoms with Gasteiger partial charge >= 0.3 is 216 Å². The standard InChI is InChI=1S/6C4H9.C2.4Sn/c6*1-3-4-2;1-2;;;;/h6*1,3-4H2,2H3;;;;;. The Bertz CT molecular complexity index is 357. The Morgan fingerprint density at radius 2 is 0.600 bits per heavy atom. The molecule has 4 radical (unpaired) electrons. The van der Waals surface area contributed by atoms with Crippen molar-refractivity contribution >= 4 is 63.2 Å². The van der Waals surface area contributed by atoms with Crippen LogP contribution in [-0.2, 0) is 0 Å². The van der Waals surface area contributed by atoms with Crippen molar-refractivity contribution in [3.63, 3.8) is 0 Å². The third-order valence-electron chi connectivity index (χ3n) is 6.77. The van der Waals surface area contributed by atoms with Crippen LogP contribution in [0.3, 0.4) is 0 Å². The molecule has 0 aromatic carbocycles. The second-order valence-electron chi connectivity index (χ2n) is 9.68. The van der Waals surface area contributed by atoms with Gasteiger partial charge < -0.3 is 0 Å². The average molecular weight is 842 g/mol. The molecule has 0 aliphatic rings. The normalized spacial score (nSPS) is 12.1. The zero-order chi connectivity index (χ0) is 22.6. The van der Waals surface area contributed by atoms with E-state index < -0.39 is 28.9 Å². The van der Waals surface area contributed by atoms with Crippen molar-refractivity contribution in [2.75, 3.05) is 0 Å². The van der Waals surface area contributed by atoms with Crippen LogP contribution in [0.5, 0.6) is 0 Å². The molecular formula is C26H54Sn4. The monoisotopic (exact) mass is 846 g/mol. The fourth-order valence-electron chi connectivity index (χ4n) is 4.54. The molecule has 0 nitrogen and oxygen atoms in total. The van der Waals surface area contributed by atoms with Gasteiger partial charge in [0.05, 0.1) is 0 Å². The summed E-state index contributed by atoms with van der Waals surface area (Å²) in [4.78, 5) is 0. The first-order valence-corrected chi connectivity index (χ1v) is 50.6. The van der Waals surface area contributed by atoms with Gasteiger partial charge in [-0.05, 0) is 0 Å². The first kappa shape index (κ1) is 32.8. The summed E-state index contributed by atoms with van der Waals surface area (Å²) in [6.45, 7) is 14.5. The molecule has 0 heterocycles. The molecule has 0 atom stereocenters. The van der Waals surface area contributed by atoms with Crippen molar-refractivity contribution in [2.45, 2.75) is 145 Å². The zero-order valence-corrected chi connectivity index (χ0v) is 33.1. The number of unbranched alkanes of at least 4 members (excludes halogenated alkanes) is 6. The summed E-state index contributed by atoms with van der Waals surface area (Å²) in [5.41, 5.74) is 0. The van der Waals surface area contributed by atoms with Gasteiger partial charge in [-0.15, -0.1) is 0 Å². The molecule has 30 heavy (non-hydrogen) atoms. The Hall–Kier alpha value is 2.75. The van der Waals surface area contributed by atoms with Crippen LogP contribution in [0.25, 0.3) is 0 Å². The van der Waals surface area contributed by atoms with Crippen LogP contribution < -0.4 is 0 Å². The van der Waals surface area contributed by atoms with E-state index in [1.54, 1.807) is 65.1 Å². The predicted octanol–water partition coefficient (Wildman–Crippen LogP) is 9.00. The Morgan fingerprint density at radius 1 is 0.400 bits per heavy atom. The van der Waals surface area contributed by atoms with Gasteiger partial charge in [0.1, 0.15) is 0 Å². The molecule has 0 amide bonds. The van der Waals surface area contributed by atoms with Crippen molar-refractivity contribution in [3.05, 3.63) is 0 Å². The fourth-order valence-corrected chi connectivity index (χ4v) is 93.7. The molecule has 0 N–H and O–H groups in total. The molecule has 174 valence electrons. The van der Waals surface area contributed by atoms with Gasteiger partial charge in [-0.2, -0.15) is 0 Å². The summed E-state index contributed by atoms with van der Waals surface area (Å²) in [6.07, 6.45) is 17.8. The summed E-state index contributed by atoms with van der Waals surface area (Å²) in [5, 5.41) is 0. The van der Waals surface area contributed by atoms with Crippen LogP contribution in [0.15, 0.2) is 0 Å². The van der Waals surface area contributed by atoms with Crippen LogP contribution in [0, 0.1) is 7.87 Å². The van der Waals surface area contributed by atoms with E-state index in [1.165, 1.54) is 38.5 Å². The Kier molecular flexibility index (Phi) is 24.3.